The van der Waals surface area contributed by atoms with Crippen LogP contribution in [0, 0.1) is 0 Å². The molecule has 0 unspecified atom stereocenters. The number of aromatic nitrogens is 2. The predicted octanol–water partition coefficient (Wildman–Crippen LogP) is 3.41. The van der Waals surface area contributed by atoms with E-state index in [0.717, 1.165) is 19.3 Å². The van der Waals surface area contributed by atoms with Gasteiger partial charge in [0.25, 0.3) is 5.22 Å². The molecule has 0 aliphatic carbocycles. The largest absolute Gasteiger partial charge is 0.411 e. The van der Waals surface area contributed by atoms with Crippen LogP contribution in [0.15, 0.2) is 38.8 Å². The Kier molecular flexibility index (Phi) is 5.27. The number of hydrogen-bond donors (Lipinski definition) is 0. The van der Waals surface area contributed by atoms with Crippen molar-refractivity contribution in [2.75, 3.05) is 13.1 Å². The second-order valence-electron chi connectivity index (χ2n) is 6.03. The van der Waals surface area contributed by atoms with Gasteiger partial charge >= 0.3 is 0 Å². The fourth-order valence-corrected chi connectivity index (χ4v) is 4.80. The molecule has 0 atom stereocenters. The Morgan fingerprint density at radius 1 is 1.17 bits per heavy atom. The summed E-state index contributed by atoms with van der Waals surface area (Å²) in [5.41, 5.74) is 0.621. The Morgan fingerprint density at radius 3 is 2.62 bits per heavy atom. The highest BCUT2D eigenvalue weighted by atomic mass is 32.2. The maximum Gasteiger partial charge on any atom is 0.277 e. The van der Waals surface area contributed by atoms with Gasteiger partial charge in [0.05, 0.1) is 4.90 Å². The Balaban J connectivity index is 1.87. The lowest BCUT2D eigenvalue weighted by atomic mass is 10.2. The number of piperidine rings is 1. The fraction of sp³-hybridized carbons (Fsp3) is 0.500. The molecule has 0 saturated carbocycles. The molecule has 0 radical (unpaired) electrons. The third-order valence-corrected chi connectivity index (χ3v) is 6.51. The molecule has 3 rings (SSSR count). The van der Waals surface area contributed by atoms with Gasteiger partial charge in [0.1, 0.15) is 0 Å². The van der Waals surface area contributed by atoms with Gasteiger partial charge in [0.2, 0.25) is 15.9 Å². The molecule has 0 amide bonds. The highest BCUT2D eigenvalue weighted by molar-refractivity contribution is 7.99. The van der Waals surface area contributed by atoms with Gasteiger partial charge < -0.3 is 4.42 Å². The molecule has 1 aromatic carbocycles. The molecule has 1 aliphatic heterocycles. The topological polar surface area (TPSA) is 76.3 Å². The van der Waals surface area contributed by atoms with Crippen LogP contribution in [0.25, 0.3) is 11.5 Å². The van der Waals surface area contributed by atoms with E-state index in [1.807, 2.05) is 13.8 Å². The molecule has 6 nitrogen and oxygen atoms in total. The lowest BCUT2D eigenvalue weighted by molar-refractivity contribution is 0.346. The summed E-state index contributed by atoms with van der Waals surface area (Å²) < 4.78 is 32.7. The summed E-state index contributed by atoms with van der Waals surface area (Å²) in [7, 11) is -3.47. The summed E-state index contributed by atoms with van der Waals surface area (Å²) in [5.74, 6) is 0.342. The van der Waals surface area contributed by atoms with Gasteiger partial charge in [0, 0.05) is 23.9 Å². The van der Waals surface area contributed by atoms with Crippen molar-refractivity contribution in [3.05, 3.63) is 24.3 Å². The first-order chi connectivity index (χ1) is 11.5. The fourth-order valence-electron chi connectivity index (χ4n) is 2.62. The van der Waals surface area contributed by atoms with Crippen LogP contribution in [0.3, 0.4) is 0 Å². The Hall–Kier alpha value is -1.38. The molecule has 0 N–H and O–H groups in total. The highest BCUT2D eigenvalue weighted by Crippen LogP contribution is 2.28. The lowest BCUT2D eigenvalue weighted by Gasteiger charge is -2.25. The van der Waals surface area contributed by atoms with E-state index in [0.29, 0.717) is 35.0 Å². The second-order valence-corrected chi connectivity index (χ2v) is 9.50. The van der Waals surface area contributed by atoms with Crippen molar-refractivity contribution in [2.24, 2.45) is 0 Å². The maximum absolute atomic E-state index is 12.8. The van der Waals surface area contributed by atoms with Crippen molar-refractivity contribution in [1.29, 1.82) is 0 Å². The number of benzene rings is 1. The summed E-state index contributed by atoms with van der Waals surface area (Å²) >= 11 is 1.48. The number of rotatable bonds is 5. The molecule has 0 bridgehead atoms. The molecule has 1 aliphatic rings. The minimum atomic E-state index is -3.47. The van der Waals surface area contributed by atoms with Crippen LogP contribution < -0.4 is 0 Å². The van der Waals surface area contributed by atoms with Gasteiger partial charge in [-0.2, -0.15) is 4.31 Å². The minimum Gasteiger partial charge on any atom is -0.411 e. The van der Waals surface area contributed by atoms with Crippen LogP contribution in [0.5, 0.6) is 0 Å². The standard InChI is InChI=1S/C16H21N3O3S2/c1-12(2)23-16-18-17-15(22-16)13-7-6-8-14(11-13)24(20,21)19-9-4-3-5-10-19/h6-8,11-12H,3-5,9-10H2,1-2H3. The van der Waals surface area contributed by atoms with Crippen LogP contribution >= 0.6 is 11.8 Å². The van der Waals surface area contributed by atoms with Gasteiger partial charge in [0.15, 0.2) is 0 Å². The molecule has 2 aromatic rings. The predicted molar refractivity (Wildman–Crippen MR) is 93.3 cm³/mol. The van der Waals surface area contributed by atoms with E-state index >= 15 is 0 Å². The van der Waals surface area contributed by atoms with Gasteiger partial charge in [-0.15, -0.1) is 10.2 Å². The summed E-state index contributed by atoms with van der Waals surface area (Å²) in [5, 5.41) is 8.86. The second kappa shape index (κ2) is 7.25. The zero-order valence-corrected chi connectivity index (χ0v) is 15.4. The molecule has 24 heavy (non-hydrogen) atoms. The van der Waals surface area contributed by atoms with Crippen molar-refractivity contribution >= 4 is 21.8 Å². The van der Waals surface area contributed by atoms with Crippen LogP contribution in [0.2, 0.25) is 0 Å². The molecule has 8 heteroatoms. The van der Waals surface area contributed by atoms with E-state index in [2.05, 4.69) is 10.2 Å². The van der Waals surface area contributed by atoms with Gasteiger partial charge in [-0.1, -0.05) is 38.1 Å². The van der Waals surface area contributed by atoms with Gasteiger partial charge in [-0.25, -0.2) is 8.42 Å². The number of nitrogens with zero attached hydrogens (tertiary/aromatic N) is 3. The average molecular weight is 367 g/mol. The first-order valence-electron chi connectivity index (χ1n) is 8.07. The molecule has 1 saturated heterocycles. The van der Waals surface area contributed by atoms with Crippen LogP contribution in [0.4, 0.5) is 0 Å². The van der Waals surface area contributed by atoms with Crippen molar-refractivity contribution in [3.8, 4) is 11.5 Å². The third-order valence-electron chi connectivity index (χ3n) is 3.78. The number of hydrogen-bond acceptors (Lipinski definition) is 6. The SMILES string of the molecule is CC(C)Sc1nnc(-c2cccc(S(=O)(=O)N3CCCCC3)c2)o1. The number of thioether (sulfide) groups is 1. The van der Waals surface area contributed by atoms with Gasteiger partial charge in [-0.05, 0) is 31.0 Å². The van der Waals surface area contributed by atoms with Crippen LogP contribution in [0.1, 0.15) is 33.1 Å². The van der Waals surface area contributed by atoms with E-state index in [1.54, 1.807) is 28.6 Å². The van der Waals surface area contributed by atoms with Crippen LogP contribution in [-0.4, -0.2) is 41.3 Å². The van der Waals surface area contributed by atoms with Crippen LogP contribution in [-0.2, 0) is 10.0 Å². The molecule has 130 valence electrons. The first-order valence-corrected chi connectivity index (χ1v) is 10.4. The van der Waals surface area contributed by atoms with E-state index in [1.165, 1.54) is 11.8 Å². The maximum atomic E-state index is 12.8. The van der Waals surface area contributed by atoms with Crippen molar-refractivity contribution < 1.29 is 12.8 Å². The Labute approximate surface area is 146 Å². The molecule has 1 fully saturated rings. The van der Waals surface area contributed by atoms with Gasteiger partial charge in [-0.3, -0.25) is 0 Å². The van der Waals surface area contributed by atoms with E-state index in [4.69, 9.17) is 4.42 Å². The quantitative estimate of drug-likeness (QED) is 0.754. The molecular formula is C16H21N3O3S2. The monoisotopic (exact) mass is 367 g/mol. The molecule has 1 aromatic heterocycles. The average Bonchev–Trinajstić information content (AvgIpc) is 3.03. The lowest BCUT2D eigenvalue weighted by Crippen LogP contribution is -2.35. The third kappa shape index (κ3) is 3.81. The highest BCUT2D eigenvalue weighted by Gasteiger charge is 2.26. The Morgan fingerprint density at radius 2 is 1.92 bits per heavy atom. The van der Waals surface area contributed by atoms with Crippen molar-refractivity contribution in [2.45, 2.75) is 48.5 Å². The smallest absolute Gasteiger partial charge is 0.277 e. The van der Waals surface area contributed by atoms with E-state index in [-0.39, 0.29) is 4.90 Å². The molecule has 0 spiro atoms. The summed E-state index contributed by atoms with van der Waals surface area (Å²) in [6.07, 6.45) is 2.92. The minimum absolute atomic E-state index is 0.276. The van der Waals surface area contributed by atoms with E-state index < -0.39 is 10.0 Å². The zero-order chi connectivity index (χ0) is 17.2. The first kappa shape index (κ1) is 17.4. The summed E-state index contributed by atoms with van der Waals surface area (Å²) in [6, 6.07) is 6.73. The zero-order valence-electron chi connectivity index (χ0n) is 13.8. The summed E-state index contributed by atoms with van der Waals surface area (Å²) in [4.78, 5) is 0.276. The summed E-state index contributed by atoms with van der Waals surface area (Å²) in [6.45, 7) is 5.26. The van der Waals surface area contributed by atoms with Crippen molar-refractivity contribution in [3.63, 3.8) is 0 Å². The molecular weight excluding hydrogens is 346 g/mol. The molecule has 2 heterocycles. The van der Waals surface area contributed by atoms with E-state index in [9.17, 15) is 8.42 Å². The van der Waals surface area contributed by atoms with Crippen molar-refractivity contribution in [1.82, 2.24) is 14.5 Å². The Bertz CT molecular complexity index is 796. The number of sulfonamides is 1. The normalized spacial score (nSPS) is 16.6.